The van der Waals surface area contributed by atoms with Crippen molar-refractivity contribution < 1.29 is 18.3 Å². The van der Waals surface area contributed by atoms with Gasteiger partial charge in [0, 0.05) is 19.4 Å². The van der Waals surface area contributed by atoms with Gasteiger partial charge < -0.3 is 8.85 Å². The number of hydrogen-bond acceptors (Lipinski definition) is 4. The van der Waals surface area contributed by atoms with E-state index < -0.39 is 8.80 Å². The third-order valence-electron chi connectivity index (χ3n) is 1.86. The number of rotatable bonds is 5. The Morgan fingerprint density at radius 2 is 1.50 bits per heavy atom. The fourth-order valence-corrected chi connectivity index (χ4v) is 2.88. The number of hydrogen-bond donors (Lipinski definition) is 0. The van der Waals surface area contributed by atoms with Crippen molar-refractivity contribution in [2.45, 2.75) is 0 Å². The minimum absolute atomic E-state index is 0.867. The van der Waals surface area contributed by atoms with Crippen LogP contribution in [0.2, 0.25) is 0 Å². The highest BCUT2D eigenvalue weighted by Crippen LogP contribution is 2.07. The summed E-state index contributed by atoms with van der Waals surface area (Å²) in [7, 11) is 1.68. The lowest BCUT2D eigenvalue weighted by Gasteiger charge is -2.23. The second-order valence-electron chi connectivity index (χ2n) is 2.58. The van der Waals surface area contributed by atoms with Crippen molar-refractivity contribution in [1.29, 1.82) is 0 Å². The molecule has 0 atom stereocenters. The van der Waals surface area contributed by atoms with Gasteiger partial charge in [-0.3, -0.25) is 0 Å². The lowest BCUT2D eigenvalue weighted by Crippen LogP contribution is -2.55. The average molecular weight is 214 g/mol. The van der Waals surface area contributed by atoms with E-state index in [4.69, 9.17) is 13.4 Å². The second kappa shape index (κ2) is 5.23. The predicted molar refractivity (Wildman–Crippen MR) is 53.9 cm³/mol. The normalized spacial score (nSPS) is 11.6. The Bertz CT molecular complexity index is 261. The minimum Gasteiger partial charge on any atom is -0.372 e. The van der Waals surface area contributed by atoms with Gasteiger partial charge in [-0.05, 0) is 0 Å². The first-order valence-electron chi connectivity index (χ1n) is 4.16. The molecule has 0 heterocycles. The maximum absolute atomic E-state index is 5.28. The van der Waals surface area contributed by atoms with Crippen LogP contribution >= 0.6 is 0 Å². The first-order valence-corrected chi connectivity index (χ1v) is 5.89. The summed E-state index contributed by atoms with van der Waals surface area (Å²) in [5.41, 5.74) is 0. The number of benzene rings is 1. The highest BCUT2D eigenvalue weighted by molar-refractivity contribution is 6.75. The van der Waals surface area contributed by atoms with E-state index in [-0.39, 0.29) is 0 Å². The molecule has 0 N–H and O–H groups in total. The standard InChI is InChI=1S/C9H14O4Si/c1-10-13-14(11-2,12-3)9-7-5-4-6-8-9/h4-8H,1-3H3. The largest absolute Gasteiger partial charge is 0.564 e. The predicted octanol–water partition coefficient (Wildman–Crippen LogP) is 0.703. The maximum Gasteiger partial charge on any atom is 0.564 e. The van der Waals surface area contributed by atoms with Gasteiger partial charge in [-0.1, -0.05) is 30.3 Å². The van der Waals surface area contributed by atoms with Crippen LogP contribution < -0.4 is 5.19 Å². The fraction of sp³-hybridized carbons (Fsp3) is 0.333. The van der Waals surface area contributed by atoms with Crippen LogP contribution in [0.25, 0.3) is 0 Å². The molecule has 0 saturated heterocycles. The molecular weight excluding hydrogens is 200 g/mol. The average Bonchev–Trinajstić information content (AvgIpc) is 2.27. The van der Waals surface area contributed by atoms with Crippen LogP contribution in [0.15, 0.2) is 30.3 Å². The molecule has 78 valence electrons. The molecule has 0 radical (unpaired) electrons. The summed E-state index contributed by atoms with van der Waals surface area (Å²) in [6.07, 6.45) is 0. The van der Waals surface area contributed by atoms with Crippen LogP contribution in [-0.2, 0) is 18.3 Å². The highest BCUT2D eigenvalue weighted by atomic mass is 28.4. The van der Waals surface area contributed by atoms with E-state index in [1.54, 1.807) is 14.2 Å². The zero-order valence-corrected chi connectivity index (χ0v) is 9.52. The molecule has 5 heteroatoms. The van der Waals surface area contributed by atoms with Crippen LogP contribution in [0.1, 0.15) is 0 Å². The second-order valence-corrected chi connectivity index (χ2v) is 5.25. The highest BCUT2D eigenvalue weighted by Gasteiger charge is 2.43. The van der Waals surface area contributed by atoms with Crippen molar-refractivity contribution >= 4 is 14.0 Å². The van der Waals surface area contributed by atoms with Crippen molar-refractivity contribution in [2.75, 3.05) is 21.3 Å². The Labute approximate surface area is 84.7 Å². The van der Waals surface area contributed by atoms with Crippen molar-refractivity contribution in [3.63, 3.8) is 0 Å². The summed E-state index contributed by atoms with van der Waals surface area (Å²) in [6, 6.07) is 9.49. The van der Waals surface area contributed by atoms with Gasteiger partial charge in [-0.25, -0.2) is 9.46 Å². The van der Waals surface area contributed by atoms with E-state index in [0.717, 1.165) is 5.19 Å². The van der Waals surface area contributed by atoms with E-state index >= 15 is 0 Å². The topological polar surface area (TPSA) is 36.9 Å². The van der Waals surface area contributed by atoms with E-state index in [9.17, 15) is 0 Å². The van der Waals surface area contributed by atoms with E-state index in [0.29, 0.717) is 0 Å². The summed E-state index contributed by atoms with van der Waals surface area (Å²) >= 11 is 0. The molecule has 0 unspecified atom stereocenters. The third kappa shape index (κ3) is 2.20. The lowest BCUT2D eigenvalue weighted by molar-refractivity contribution is -0.220. The minimum atomic E-state index is -2.84. The molecule has 0 aliphatic heterocycles. The molecule has 0 saturated carbocycles. The molecule has 0 fully saturated rings. The van der Waals surface area contributed by atoms with Crippen LogP contribution in [0.3, 0.4) is 0 Å². The van der Waals surface area contributed by atoms with Crippen molar-refractivity contribution in [3.05, 3.63) is 30.3 Å². The molecule has 0 aliphatic rings. The summed E-state index contributed by atoms with van der Waals surface area (Å²) < 4.78 is 15.7. The molecule has 0 spiro atoms. The molecule has 4 nitrogen and oxygen atoms in total. The van der Waals surface area contributed by atoms with Gasteiger partial charge in [0.05, 0.1) is 7.11 Å². The van der Waals surface area contributed by atoms with E-state index in [1.165, 1.54) is 7.11 Å². The summed E-state index contributed by atoms with van der Waals surface area (Å²) in [5.74, 6) is 0. The van der Waals surface area contributed by atoms with Gasteiger partial charge in [0.2, 0.25) is 0 Å². The first kappa shape index (κ1) is 11.4. The molecule has 0 aliphatic carbocycles. The Balaban J connectivity index is 2.98. The summed E-state index contributed by atoms with van der Waals surface area (Å²) in [5, 5.41) is 0.867. The molecule has 0 amide bonds. The molecule has 0 aromatic heterocycles. The van der Waals surface area contributed by atoms with E-state index in [1.807, 2.05) is 30.3 Å². The Morgan fingerprint density at radius 1 is 0.929 bits per heavy atom. The van der Waals surface area contributed by atoms with Crippen LogP contribution in [0.5, 0.6) is 0 Å². The van der Waals surface area contributed by atoms with Gasteiger partial charge in [0.25, 0.3) is 0 Å². The van der Waals surface area contributed by atoms with Gasteiger partial charge in [0.1, 0.15) is 0 Å². The zero-order chi connectivity index (χ0) is 10.4. The third-order valence-corrected chi connectivity index (χ3v) is 4.36. The molecule has 1 rings (SSSR count). The Kier molecular flexibility index (Phi) is 4.24. The monoisotopic (exact) mass is 214 g/mol. The fourth-order valence-electron chi connectivity index (χ4n) is 1.19. The molecule has 0 bridgehead atoms. The maximum atomic E-state index is 5.28. The Hall–Kier alpha value is -0.723. The summed E-state index contributed by atoms with van der Waals surface area (Å²) in [6.45, 7) is 0. The Morgan fingerprint density at radius 3 is 1.93 bits per heavy atom. The van der Waals surface area contributed by atoms with Gasteiger partial charge in [-0.2, -0.15) is 0 Å². The first-order chi connectivity index (χ1) is 6.79. The van der Waals surface area contributed by atoms with Crippen molar-refractivity contribution in [1.82, 2.24) is 0 Å². The van der Waals surface area contributed by atoms with E-state index in [2.05, 4.69) is 4.89 Å². The SMILES string of the molecule is COO[Si](OC)(OC)c1ccccc1. The van der Waals surface area contributed by atoms with Crippen LogP contribution in [-0.4, -0.2) is 30.1 Å². The van der Waals surface area contributed by atoms with Crippen molar-refractivity contribution in [2.24, 2.45) is 0 Å². The smallest absolute Gasteiger partial charge is 0.372 e. The molecule has 1 aromatic rings. The molecule has 1 aromatic carbocycles. The van der Waals surface area contributed by atoms with Crippen LogP contribution in [0, 0.1) is 0 Å². The van der Waals surface area contributed by atoms with Crippen molar-refractivity contribution in [3.8, 4) is 0 Å². The quantitative estimate of drug-likeness (QED) is 0.411. The van der Waals surface area contributed by atoms with Gasteiger partial charge in [0.15, 0.2) is 0 Å². The molecular formula is C9H14O4Si. The van der Waals surface area contributed by atoms with Crippen LogP contribution in [0.4, 0.5) is 0 Å². The van der Waals surface area contributed by atoms with Gasteiger partial charge in [-0.15, -0.1) is 0 Å². The summed E-state index contributed by atoms with van der Waals surface area (Å²) in [4.78, 5) is 4.66. The van der Waals surface area contributed by atoms with Gasteiger partial charge >= 0.3 is 8.80 Å². The lowest BCUT2D eigenvalue weighted by atomic mass is 10.4. The zero-order valence-electron chi connectivity index (χ0n) is 8.52. The molecule has 14 heavy (non-hydrogen) atoms.